The highest BCUT2D eigenvalue weighted by atomic mass is 19.1. The molecule has 23 heavy (non-hydrogen) atoms. The SMILES string of the molecule is N#Cc1[nH]nnc1-c1cc(F)cc(OCc2ccc(F)cc2)c1. The van der Waals surface area contributed by atoms with E-state index in [-0.39, 0.29) is 29.6 Å². The van der Waals surface area contributed by atoms with Crippen molar-refractivity contribution in [2.75, 3.05) is 0 Å². The van der Waals surface area contributed by atoms with Gasteiger partial charge >= 0.3 is 0 Å². The topological polar surface area (TPSA) is 74.6 Å². The number of halogens is 2. The molecule has 0 aliphatic rings. The van der Waals surface area contributed by atoms with Gasteiger partial charge in [-0.1, -0.05) is 17.3 Å². The summed E-state index contributed by atoms with van der Waals surface area (Å²) in [5.74, 6) is -0.587. The number of rotatable bonds is 4. The lowest BCUT2D eigenvalue weighted by atomic mass is 10.1. The average Bonchev–Trinajstić information content (AvgIpc) is 3.02. The Labute approximate surface area is 130 Å². The zero-order chi connectivity index (χ0) is 16.2. The summed E-state index contributed by atoms with van der Waals surface area (Å²) in [6.45, 7) is 0.160. The van der Waals surface area contributed by atoms with Crippen molar-refractivity contribution < 1.29 is 13.5 Å². The predicted molar refractivity (Wildman–Crippen MR) is 77.2 cm³/mol. The van der Waals surface area contributed by atoms with Crippen LogP contribution in [-0.4, -0.2) is 15.4 Å². The third kappa shape index (κ3) is 3.32. The second kappa shape index (κ2) is 6.23. The van der Waals surface area contributed by atoms with E-state index >= 15 is 0 Å². The molecule has 1 heterocycles. The van der Waals surface area contributed by atoms with Gasteiger partial charge in [0.05, 0.1) is 0 Å². The Kier molecular flexibility index (Phi) is 3.97. The van der Waals surface area contributed by atoms with E-state index in [9.17, 15) is 8.78 Å². The second-order valence-corrected chi connectivity index (χ2v) is 4.74. The summed E-state index contributed by atoms with van der Waals surface area (Å²) in [4.78, 5) is 0. The van der Waals surface area contributed by atoms with Gasteiger partial charge in [-0.2, -0.15) is 5.26 Å². The average molecular weight is 312 g/mol. The fourth-order valence-corrected chi connectivity index (χ4v) is 2.04. The van der Waals surface area contributed by atoms with E-state index < -0.39 is 5.82 Å². The van der Waals surface area contributed by atoms with E-state index in [0.29, 0.717) is 5.56 Å². The molecule has 3 aromatic rings. The van der Waals surface area contributed by atoms with Crippen molar-refractivity contribution in [3.63, 3.8) is 0 Å². The lowest BCUT2D eigenvalue weighted by molar-refractivity contribution is 0.304. The standard InChI is InChI=1S/C16H10F2N4O/c17-12-3-1-10(2-4-12)9-23-14-6-11(5-13(18)7-14)16-15(8-19)20-22-21-16/h1-7H,9H2,(H,20,21,22). The smallest absolute Gasteiger partial charge is 0.163 e. The first-order valence-corrected chi connectivity index (χ1v) is 6.65. The summed E-state index contributed by atoms with van der Waals surface area (Å²) in [5, 5.41) is 18.7. The van der Waals surface area contributed by atoms with Crippen LogP contribution in [0, 0.1) is 23.0 Å². The summed E-state index contributed by atoms with van der Waals surface area (Å²) < 4.78 is 32.1. The molecule has 1 N–H and O–H groups in total. The summed E-state index contributed by atoms with van der Waals surface area (Å²) >= 11 is 0. The van der Waals surface area contributed by atoms with E-state index in [2.05, 4.69) is 15.4 Å². The molecule has 0 aliphatic heterocycles. The number of aromatic amines is 1. The molecule has 2 aromatic carbocycles. The predicted octanol–water partition coefficient (Wildman–Crippen LogP) is 3.20. The molecule has 0 spiro atoms. The normalized spacial score (nSPS) is 10.3. The van der Waals surface area contributed by atoms with Crippen molar-refractivity contribution in [1.29, 1.82) is 5.26 Å². The van der Waals surface area contributed by atoms with E-state index in [1.54, 1.807) is 18.2 Å². The highest BCUT2D eigenvalue weighted by molar-refractivity contribution is 5.65. The van der Waals surface area contributed by atoms with Gasteiger partial charge in [0.2, 0.25) is 0 Å². The summed E-state index contributed by atoms with van der Waals surface area (Å²) in [6, 6.07) is 11.7. The van der Waals surface area contributed by atoms with Crippen LogP contribution < -0.4 is 4.74 Å². The van der Waals surface area contributed by atoms with Crippen molar-refractivity contribution >= 4 is 0 Å². The molecule has 0 atom stereocenters. The van der Waals surface area contributed by atoms with Gasteiger partial charge in [0.1, 0.15) is 35.8 Å². The quantitative estimate of drug-likeness (QED) is 0.803. The molecule has 0 aliphatic carbocycles. The molecular weight excluding hydrogens is 302 g/mol. The Morgan fingerprint density at radius 2 is 1.87 bits per heavy atom. The van der Waals surface area contributed by atoms with E-state index in [1.807, 2.05) is 6.07 Å². The zero-order valence-corrected chi connectivity index (χ0v) is 11.8. The van der Waals surface area contributed by atoms with Gasteiger partial charge in [-0.05, 0) is 29.8 Å². The van der Waals surface area contributed by atoms with Crippen LogP contribution in [0.4, 0.5) is 8.78 Å². The first-order valence-electron chi connectivity index (χ1n) is 6.65. The fraction of sp³-hybridized carbons (Fsp3) is 0.0625. The summed E-state index contributed by atoms with van der Waals surface area (Å²) in [6.07, 6.45) is 0. The van der Waals surface area contributed by atoms with Crippen molar-refractivity contribution in [3.8, 4) is 23.1 Å². The molecular formula is C16H10F2N4O. The molecule has 5 nitrogen and oxygen atoms in total. The van der Waals surface area contributed by atoms with E-state index in [0.717, 1.165) is 5.56 Å². The first-order chi connectivity index (χ1) is 11.2. The second-order valence-electron chi connectivity index (χ2n) is 4.74. The zero-order valence-electron chi connectivity index (χ0n) is 11.8. The maximum Gasteiger partial charge on any atom is 0.163 e. The van der Waals surface area contributed by atoms with Crippen LogP contribution >= 0.6 is 0 Å². The van der Waals surface area contributed by atoms with E-state index in [1.165, 1.54) is 24.3 Å². The Bertz CT molecular complexity index is 869. The molecule has 0 fully saturated rings. The number of aromatic nitrogens is 3. The van der Waals surface area contributed by atoms with Crippen LogP contribution in [0.3, 0.4) is 0 Å². The number of nitriles is 1. The molecule has 114 valence electrons. The Hall–Kier alpha value is -3.27. The number of nitrogens with zero attached hydrogens (tertiary/aromatic N) is 3. The van der Waals surface area contributed by atoms with Crippen LogP contribution in [0.5, 0.6) is 5.75 Å². The molecule has 0 amide bonds. The minimum absolute atomic E-state index is 0.139. The third-order valence-corrected chi connectivity index (χ3v) is 3.12. The first kappa shape index (κ1) is 14.7. The number of ether oxygens (including phenoxy) is 1. The molecule has 0 saturated carbocycles. The van der Waals surface area contributed by atoms with Crippen LogP contribution in [0.25, 0.3) is 11.3 Å². The van der Waals surface area contributed by atoms with Crippen LogP contribution in [0.1, 0.15) is 11.3 Å². The number of H-pyrrole nitrogens is 1. The lowest BCUT2D eigenvalue weighted by Gasteiger charge is -2.08. The lowest BCUT2D eigenvalue weighted by Crippen LogP contribution is -1.97. The molecule has 0 bridgehead atoms. The van der Waals surface area contributed by atoms with Gasteiger partial charge in [-0.15, -0.1) is 5.10 Å². The van der Waals surface area contributed by atoms with Crippen LogP contribution in [0.15, 0.2) is 42.5 Å². The van der Waals surface area contributed by atoms with Crippen LogP contribution in [0.2, 0.25) is 0 Å². The third-order valence-electron chi connectivity index (χ3n) is 3.12. The number of benzene rings is 2. The Morgan fingerprint density at radius 3 is 2.61 bits per heavy atom. The summed E-state index contributed by atoms with van der Waals surface area (Å²) in [5.41, 5.74) is 1.51. The van der Waals surface area contributed by atoms with E-state index in [4.69, 9.17) is 10.00 Å². The molecule has 0 unspecified atom stereocenters. The monoisotopic (exact) mass is 312 g/mol. The van der Waals surface area contributed by atoms with Crippen molar-refractivity contribution in [2.45, 2.75) is 6.61 Å². The van der Waals surface area contributed by atoms with Gasteiger partial charge in [-0.3, -0.25) is 0 Å². The summed E-state index contributed by atoms with van der Waals surface area (Å²) in [7, 11) is 0. The van der Waals surface area contributed by atoms with Crippen molar-refractivity contribution in [2.24, 2.45) is 0 Å². The largest absolute Gasteiger partial charge is 0.489 e. The van der Waals surface area contributed by atoms with Crippen molar-refractivity contribution in [1.82, 2.24) is 15.4 Å². The maximum atomic E-state index is 13.8. The van der Waals surface area contributed by atoms with Gasteiger partial charge in [0.15, 0.2) is 5.69 Å². The fourth-order valence-electron chi connectivity index (χ4n) is 2.04. The highest BCUT2D eigenvalue weighted by Gasteiger charge is 2.12. The molecule has 0 saturated heterocycles. The number of hydrogen-bond donors (Lipinski definition) is 1. The molecule has 7 heteroatoms. The highest BCUT2D eigenvalue weighted by Crippen LogP contribution is 2.26. The van der Waals surface area contributed by atoms with Gasteiger partial charge in [-0.25, -0.2) is 13.9 Å². The Balaban J connectivity index is 1.83. The molecule has 3 rings (SSSR count). The van der Waals surface area contributed by atoms with Crippen molar-refractivity contribution in [3.05, 3.63) is 65.4 Å². The number of nitrogens with one attached hydrogen (secondary N) is 1. The molecule has 1 aromatic heterocycles. The van der Waals surface area contributed by atoms with Gasteiger partial charge < -0.3 is 4.74 Å². The minimum atomic E-state index is -0.525. The van der Waals surface area contributed by atoms with Crippen LogP contribution in [-0.2, 0) is 6.61 Å². The maximum absolute atomic E-state index is 13.8. The van der Waals surface area contributed by atoms with Gasteiger partial charge in [0.25, 0.3) is 0 Å². The van der Waals surface area contributed by atoms with Gasteiger partial charge in [0, 0.05) is 11.6 Å². The molecule has 0 radical (unpaired) electrons. The Morgan fingerprint density at radius 1 is 1.09 bits per heavy atom. The minimum Gasteiger partial charge on any atom is -0.489 e. The number of hydrogen-bond acceptors (Lipinski definition) is 4.